The van der Waals surface area contributed by atoms with Crippen LogP contribution in [0.4, 0.5) is 5.69 Å². The molecule has 144 valence electrons. The fourth-order valence-corrected chi connectivity index (χ4v) is 5.85. The van der Waals surface area contributed by atoms with Gasteiger partial charge in [0.1, 0.15) is 4.21 Å². The second-order valence-electron chi connectivity index (χ2n) is 6.32. The van der Waals surface area contributed by atoms with Crippen LogP contribution in [0.15, 0.2) is 34.5 Å². The molecule has 1 aromatic heterocycles. The van der Waals surface area contributed by atoms with Gasteiger partial charge in [0.05, 0.1) is 4.92 Å². The highest BCUT2D eigenvalue weighted by Crippen LogP contribution is 2.26. The number of amides is 1. The third-order valence-corrected chi connectivity index (χ3v) is 7.84. The standard InChI is InChI=1S/C17H19N3O5S2/c1-12-11-14(4-5-15(12)20(22)23)17(21)18-7-9-19(10-8-18)27(24,25)16-6-3-13(2)26-16/h3-6,11H,7-10H2,1-2H3. The lowest BCUT2D eigenvalue weighted by Crippen LogP contribution is -2.50. The Bertz CT molecular complexity index is 992. The Labute approximate surface area is 161 Å². The van der Waals surface area contributed by atoms with Crippen LogP contribution < -0.4 is 0 Å². The number of nitrogens with zero attached hydrogens (tertiary/aromatic N) is 3. The fraction of sp³-hybridized carbons (Fsp3) is 0.353. The van der Waals surface area contributed by atoms with Gasteiger partial charge in [-0.2, -0.15) is 4.31 Å². The molecule has 1 aromatic carbocycles. The number of carbonyl (C=O) groups excluding carboxylic acids is 1. The van der Waals surface area contributed by atoms with Crippen LogP contribution in [0.1, 0.15) is 20.8 Å². The number of piperazine rings is 1. The molecule has 8 nitrogen and oxygen atoms in total. The third kappa shape index (κ3) is 3.87. The van der Waals surface area contributed by atoms with Crippen LogP contribution in [0.5, 0.6) is 0 Å². The summed E-state index contributed by atoms with van der Waals surface area (Å²) in [6.45, 7) is 4.43. The maximum Gasteiger partial charge on any atom is 0.272 e. The topological polar surface area (TPSA) is 101 Å². The van der Waals surface area contributed by atoms with E-state index in [0.29, 0.717) is 15.3 Å². The Morgan fingerprint density at radius 3 is 2.30 bits per heavy atom. The van der Waals surface area contributed by atoms with E-state index in [0.717, 1.165) is 4.88 Å². The largest absolute Gasteiger partial charge is 0.336 e. The Morgan fingerprint density at radius 2 is 1.78 bits per heavy atom. The molecule has 0 saturated carbocycles. The van der Waals surface area contributed by atoms with E-state index in [1.165, 1.54) is 33.8 Å². The molecule has 2 heterocycles. The smallest absolute Gasteiger partial charge is 0.272 e. The van der Waals surface area contributed by atoms with Crippen molar-refractivity contribution in [3.8, 4) is 0 Å². The lowest BCUT2D eigenvalue weighted by Gasteiger charge is -2.33. The van der Waals surface area contributed by atoms with Crippen LogP contribution in [0.2, 0.25) is 0 Å². The first-order valence-corrected chi connectivity index (χ1v) is 10.6. The van der Waals surface area contributed by atoms with Gasteiger partial charge in [-0.05, 0) is 38.1 Å². The Morgan fingerprint density at radius 1 is 1.11 bits per heavy atom. The van der Waals surface area contributed by atoms with Gasteiger partial charge in [-0.3, -0.25) is 14.9 Å². The van der Waals surface area contributed by atoms with Crippen molar-refractivity contribution in [1.82, 2.24) is 9.21 Å². The predicted molar refractivity (Wildman–Crippen MR) is 102 cm³/mol. The molecule has 1 fully saturated rings. The van der Waals surface area contributed by atoms with Crippen molar-refractivity contribution < 1.29 is 18.1 Å². The van der Waals surface area contributed by atoms with Crippen molar-refractivity contribution in [2.24, 2.45) is 0 Å². The molecule has 3 rings (SSSR count). The molecule has 2 aromatic rings. The van der Waals surface area contributed by atoms with Gasteiger partial charge in [0.2, 0.25) is 0 Å². The average molecular weight is 409 g/mol. The Kier molecular flexibility index (Phi) is 5.31. The zero-order valence-electron chi connectivity index (χ0n) is 14.9. The molecule has 0 unspecified atom stereocenters. The van der Waals surface area contributed by atoms with Gasteiger partial charge in [-0.15, -0.1) is 11.3 Å². The highest BCUT2D eigenvalue weighted by molar-refractivity contribution is 7.91. The third-order valence-electron chi connectivity index (χ3n) is 4.48. The lowest BCUT2D eigenvalue weighted by molar-refractivity contribution is -0.385. The summed E-state index contributed by atoms with van der Waals surface area (Å²) >= 11 is 1.23. The summed E-state index contributed by atoms with van der Waals surface area (Å²) < 4.78 is 27.0. The van der Waals surface area contributed by atoms with Gasteiger partial charge < -0.3 is 4.90 Å². The Balaban J connectivity index is 1.69. The minimum absolute atomic E-state index is 0.0336. The minimum atomic E-state index is -3.54. The normalized spacial score (nSPS) is 15.7. The predicted octanol–water partition coefficient (Wildman–Crippen LogP) is 2.42. The highest BCUT2D eigenvalue weighted by Gasteiger charge is 2.31. The SMILES string of the molecule is Cc1ccc(S(=O)(=O)N2CCN(C(=O)c3ccc([N+](=O)[O-])c(C)c3)CC2)s1. The second-order valence-corrected chi connectivity index (χ2v) is 9.77. The molecule has 27 heavy (non-hydrogen) atoms. The van der Waals surface area contributed by atoms with Gasteiger partial charge in [0, 0.05) is 48.2 Å². The summed E-state index contributed by atoms with van der Waals surface area (Å²) in [6, 6.07) is 7.63. The molecule has 0 bridgehead atoms. The van der Waals surface area contributed by atoms with Crippen LogP contribution in [-0.4, -0.2) is 54.6 Å². The Hall–Kier alpha value is -2.30. The summed E-state index contributed by atoms with van der Waals surface area (Å²) in [4.78, 5) is 25.6. The molecular weight excluding hydrogens is 390 g/mol. The van der Waals surface area contributed by atoms with Gasteiger partial charge in [-0.1, -0.05) is 0 Å². The fourth-order valence-electron chi connectivity index (χ4n) is 2.99. The number of carbonyl (C=O) groups is 1. The molecule has 0 radical (unpaired) electrons. The number of hydrogen-bond acceptors (Lipinski definition) is 6. The maximum atomic E-state index is 12.7. The number of aryl methyl sites for hydroxylation is 2. The van der Waals surface area contributed by atoms with Crippen molar-refractivity contribution in [3.05, 3.63) is 56.5 Å². The van der Waals surface area contributed by atoms with Crippen LogP contribution >= 0.6 is 11.3 Å². The van der Waals surface area contributed by atoms with Gasteiger partial charge >= 0.3 is 0 Å². The zero-order chi connectivity index (χ0) is 19.8. The van der Waals surface area contributed by atoms with E-state index >= 15 is 0 Å². The van der Waals surface area contributed by atoms with E-state index in [9.17, 15) is 23.3 Å². The molecule has 10 heteroatoms. The van der Waals surface area contributed by atoms with Crippen LogP contribution in [0.3, 0.4) is 0 Å². The summed E-state index contributed by atoms with van der Waals surface area (Å²) in [5.41, 5.74) is 0.747. The molecule has 0 spiro atoms. The lowest BCUT2D eigenvalue weighted by atomic mass is 10.1. The number of thiophene rings is 1. The molecule has 1 aliphatic rings. The van der Waals surface area contributed by atoms with E-state index < -0.39 is 14.9 Å². The molecule has 0 N–H and O–H groups in total. The van der Waals surface area contributed by atoms with E-state index in [4.69, 9.17) is 0 Å². The number of benzene rings is 1. The average Bonchev–Trinajstić information content (AvgIpc) is 3.08. The number of rotatable bonds is 4. The van der Waals surface area contributed by atoms with E-state index in [-0.39, 0.29) is 37.8 Å². The summed E-state index contributed by atoms with van der Waals surface area (Å²) in [7, 11) is -3.54. The van der Waals surface area contributed by atoms with Gasteiger partial charge in [-0.25, -0.2) is 8.42 Å². The van der Waals surface area contributed by atoms with Crippen LogP contribution in [0.25, 0.3) is 0 Å². The van der Waals surface area contributed by atoms with Gasteiger partial charge in [0.25, 0.3) is 21.6 Å². The van der Waals surface area contributed by atoms with Crippen LogP contribution in [-0.2, 0) is 10.0 Å². The van der Waals surface area contributed by atoms with Gasteiger partial charge in [0.15, 0.2) is 0 Å². The molecule has 1 aliphatic heterocycles. The van der Waals surface area contributed by atoms with Crippen LogP contribution in [0, 0.1) is 24.0 Å². The molecule has 1 saturated heterocycles. The van der Waals surface area contributed by atoms with Crippen molar-refractivity contribution in [2.75, 3.05) is 26.2 Å². The van der Waals surface area contributed by atoms with E-state index in [1.54, 1.807) is 24.0 Å². The minimum Gasteiger partial charge on any atom is -0.336 e. The first-order chi connectivity index (χ1) is 12.7. The maximum absolute atomic E-state index is 12.7. The summed E-state index contributed by atoms with van der Waals surface area (Å²) in [6.07, 6.45) is 0. The number of nitro groups is 1. The zero-order valence-corrected chi connectivity index (χ0v) is 16.5. The van der Waals surface area contributed by atoms with E-state index in [2.05, 4.69) is 0 Å². The van der Waals surface area contributed by atoms with E-state index in [1.807, 2.05) is 6.92 Å². The molecule has 0 aliphatic carbocycles. The first-order valence-electron chi connectivity index (χ1n) is 8.31. The van der Waals surface area contributed by atoms with Crippen molar-refractivity contribution >= 4 is 33.0 Å². The van der Waals surface area contributed by atoms with Crippen molar-refractivity contribution in [1.29, 1.82) is 0 Å². The second kappa shape index (κ2) is 7.37. The highest BCUT2D eigenvalue weighted by atomic mass is 32.2. The number of sulfonamides is 1. The quantitative estimate of drug-likeness (QED) is 0.570. The first kappa shape index (κ1) is 19.5. The molecule has 1 amide bonds. The van der Waals surface area contributed by atoms with Crippen molar-refractivity contribution in [2.45, 2.75) is 18.1 Å². The summed E-state index contributed by atoms with van der Waals surface area (Å²) in [5.74, 6) is -0.253. The molecular formula is C17H19N3O5S2. The van der Waals surface area contributed by atoms with Crippen molar-refractivity contribution in [3.63, 3.8) is 0 Å². The summed E-state index contributed by atoms with van der Waals surface area (Å²) in [5, 5.41) is 10.9. The number of hydrogen-bond donors (Lipinski definition) is 0. The molecule has 0 atom stereocenters. The number of nitro benzene ring substituents is 1. The monoisotopic (exact) mass is 409 g/mol.